The van der Waals surface area contributed by atoms with Gasteiger partial charge >= 0.3 is 6.01 Å². The normalized spacial score (nSPS) is 19.1. The van der Waals surface area contributed by atoms with Crippen molar-refractivity contribution in [2.24, 2.45) is 5.41 Å². The molecule has 1 unspecified atom stereocenters. The molecule has 0 radical (unpaired) electrons. The van der Waals surface area contributed by atoms with Crippen LogP contribution >= 0.6 is 11.6 Å². The van der Waals surface area contributed by atoms with Crippen molar-refractivity contribution in [3.8, 4) is 12.1 Å². The molecule has 3 aromatic rings. The quantitative estimate of drug-likeness (QED) is 0.313. The highest BCUT2D eigenvalue weighted by Crippen LogP contribution is 2.38. The average molecular weight is 652 g/mol. The topological polar surface area (TPSA) is 98.1 Å². The highest BCUT2D eigenvalue weighted by Gasteiger charge is 2.41. The first-order valence-corrected chi connectivity index (χ1v) is 15.6. The summed E-state index contributed by atoms with van der Waals surface area (Å²) >= 11 is 6.49. The summed E-state index contributed by atoms with van der Waals surface area (Å²) in [5, 5.41) is 11.1. The second kappa shape index (κ2) is 13.0. The molecule has 46 heavy (non-hydrogen) atoms. The predicted octanol–water partition coefficient (Wildman–Crippen LogP) is 4.36. The summed E-state index contributed by atoms with van der Waals surface area (Å²) in [5.41, 5.74) is 2.31. The number of carbonyl (C=O) groups excluding carboxylic acids is 1. The van der Waals surface area contributed by atoms with E-state index in [4.69, 9.17) is 31.0 Å². The zero-order valence-corrected chi connectivity index (χ0v) is 26.7. The molecule has 0 aliphatic carbocycles. The number of hydrogen-bond acceptors (Lipinski definition) is 9. The number of nitriles is 1. The van der Waals surface area contributed by atoms with Crippen molar-refractivity contribution in [1.29, 1.82) is 5.26 Å². The molecule has 13 heteroatoms. The molecule has 2 saturated heterocycles. The van der Waals surface area contributed by atoms with Crippen LogP contribution in [0, 0.1) is 22.6 Å². The monoisotopic (exact) mass is 651 g/mol. The molecule has 0 saturated carbocycles. The molecule has 4 heterocycles. The lowest BCUT2D eigenvalue weighted by Crippen LogP contribution is -2.56. The second-order valence-corrected chi connectivity index (χ2v) is 12.9. The van der Waals surface area contributed by atoms with E-state index >= 15 is 0 Å². The molecule has 2 aromatic carbocycles. The number of fused-ring (bicyclic) bond motifs is 2. The van der Waals surface area contributed by atoms with Crippen LogP contribution in [0.1, 0.15) is 17.7 Å². The van der Waals surface area contributed by atoms with Gasteiger partial charge in [-0.05, 0) is 38.0 Å². The van der Waals surface area contributed by atoms with Crippen molar-refractivity contribution < 1.29 is 23.0 Å². The molecule has 3 aliphatic heterocycles. The number of carbonyl (C=O) groups is 1. The van der Waals surface area contributed by atoms with Gasteiger partial charge in [0.25, 0.3) is 5.91 Å². The predicted molar refractivity (Wildman–Crippen MR) is 171 cm³/mol. The van der Waals surface area contributed by atoms with Crippen LogP contribution in [0.5, 0.6) is 6.01 Å². The molecule has 0 spiro atoms. The molecular weight excluding hydrogens is 616 g/mol. The van der Waals surface area contributed by atoms with Crippen molar-refractivity contribution >= 4 is 39.8 Å². The zero-order chi connectivity index (χ0) is 32.6. The van der Waals surface area contributed by atoms with Crippen molar-refractivity contribution in [2.75, 3.05) is 76.4 Å². The van der Waals surface area contributed by atoms with Gasteiger partial charge in [0, 0.05) is 49.4 Å². The van der Waals surface area contributed by atoms with Gasteiger partial charge in [-0.1, -0.05) is 36.4 Å². The Morgan fingerprint density at radius 1 is 1.22 bits per heavy atom. The Kier molecular flexibility index (Phi) is 9.01. The number of nitrogens with zero attached hydrogens (tertiary/aromatic N) is 7. The van der Waals surface area contributed by atoms with Crippen LogP contribution in [0.2, 0.25) is 5.02 Å². The summed E-state index contributed by atoms with van der Waals surface area (Å²) in [4.78, 5) is 30.0. The van der Waals surface area contributed by atoms with Gasteiger partial charge in [-0.15, -0.1) is 0 Å². The third-order valence-electron chi connectivity index (χ3n) is 8.85. The molecular formula is C33H36ClF2N7O3. The lowest BCUT2D eigenvalue weighted by atomic mass is 9.86. The van der Waals surface area contributed by atoms with Crippen molar-refractivity contribution in [1.82, 2.24) is 19.8 Å². The molecule has 242 valence electrons. The lowest BCUT2D eigenvalue weighted by Gasteiger charge is -2.43. The molecule has 0 bridgehead atoms. The number of aromatic nitrogens is 2. The maximum absolute atomic E-state index is 14.6. The van der Waals surface area contributed by atoms with Crippen LogP contribution < -0.4 is 14.5 Å². The standard InChI is InChI=1S/C33H36ClF2N7O3/c1-21(35)31(44)43-14-13-42(15-23(43)9-11-37)30-24-10-12-41(27-6-4-5-22-7-8-25(36)29(34)28(22)27)16-26(24)38-32(39-30)46-20-33(17-40(2)3)18-45-19-33/h4-8,23H,1,9-10,12-20H2,2-3H3. The number of piperazine rings is 1. The molecule has 3 aliphatic rings. The van der Waals surface area contributed by atoms with Gasteiger partial charge in [-0.25, -0.2) is 8.78 Å². The Morgan fingerprint density at radius 3 is 2.72 bits per heavy atom. The van der Waals surface area contributed by atoms with Gasteiger partial charge < -0.3 is 29.1 Å². The highest BCUT2D eigenvalue weighted by atomic mass is 35.5. The first-order chi connectivity index (χ1) is 22.1. The number of rotatable bonds is 9. The van der Waals surface area contributed by atoms with Gasteiger partial charge in [0.05, 0.1) is 54.4 Å². The Hall–Kier alpha value is -4.05. The Morgan fingerprint density at radius 2 is 2.02 bits per heavy atom. The number of hydrogen-bond donors (Lipinski definition) is 0. The third-order valence-corrected chi connectivity index (χ3v) is 9.22. The van der Waals surface area contributed by atoms with E-state index in [1.807, 2.05) is 37.2 Å². The van der Waals surface area contributed by atoms with Crippen LogP contribution in [0.15, 0.2) is 42.7 Å². The van der Waals surface area contributed by atoms with E-state index in [0.717, 1.165) is 28.9 Å². The van der Waals surface area contributed by atoms with E-state index in [1.165, 1.54) is 11.0 Å². The first-order valence-electron chi connectivity index (χ1n) is 15.2. The lowest BCUT2D eigenvalue weighted by molar-refractivity contribution is -0.140. The fraction of sp³-hybridized carbons (Fsp3) is 0.455. The summed E-state index contributed by atoms with van der Waals surface area (Å²) in [5.74, 6) is -1.66. The minimum absolute atomic E-state index is 0.0331. The number of ether oxygens (including phenoxy) is 2. The van der Waals surface area contributed by atoms with E-state index in [0.29, 0.717) is 57.1 Å². The Bertz CT molecular complexity index is 1710. The van der Waals surface area contributed by atoms with E-state index in [-0.39, 0.29) is 36.0 Å². The fourth-order valence-electron chi connectivity index (χ4n) is 6.73. The summed E-state index contributed by atoms with van der Waals surface area (Å²) < 4.78 is 40.3. The van der Waals surface area contributed by atoms with Crippen LogP contribution in [-0.4, -0.2) is 98.4 Å². The molecule has 10 nitrogen and oxygen atoms in total. The van der Waals surface area contributed by atoms with Crippen molar-refractivity contribution in [3.05, 3.63) is 64.8 Å². The smallest absolute Gasteiger partial charge is 0.318 e. The third kappa shape index (κ3) is 6.19. The van der Waals surface area contributed by atoms with Gasteiger partial charge in [-0.2, -0.15) is 15.2 Å². The molecule has 1 amide bonds. The minimum Gasteiger partial charge on any atom is -0.463 e. The Balaban J connectivity index is 1.35. The fourth-order valence-corrected chi connectivity index (χ4v) is 6.99. The molecule has 0 N–H and O–H groups in total. The van der Waals surface area contributed by atoms with Gasteiger partial charge in [0.1, 0.15) is 18.2 Å². The molecule has 1 atom stereocenters. The first kappa shape index (κ1) is 31.9. The Labute approximate surface area is 271 Å². The summed E-state index contributed by atoms with van der Waals surface area (Å²) in [6.07, 6.45) is 0.613. The summed E-state index contributed by atoms with van der Waals surface area (Å²) in [6, 6.07) is 10.7. The van der Waals surface area contributed by atoms with E-state index in [9.17, 15) is 18.8 Å². The maximum atomic E-state index is 14.6. The van der Waals surface area contributed by atoms with Crippen LogP contribution in [0.25, 0.3) is 10.8 Å². The molecule has 2 fully saturated rings. The molecule has 1 aromatic heterocycles. The SMILES string of the molecule is C=C(F)C(=O)N1CCN(c2nc(OCC3(CN(C)C)COC3)nc3c2CCN(c2cccc4ccc(F)c(Cl)c24)C3)CC1CC#N. The average Bonchev–Trinajstić information content (AvgIpc) is 3.02. The van der Waals surface area contributed by atoms with Gasteiger partial charge in [0.15, 0.2) is 5.83 Å². The summed E-state index contributed by atoms with van der Waals surface area (Å²) in [6.45, 7) is 7.33. The van der Waals surface area contributed by atoms with E-state index < -0.39 is 23.6 Å². The molecule has 6 rings (SSSR count). The van der Waals surface area contributed by atoms with Gasteiger partial charge in [0.2, 0.25) is 0 Å². The number of amides is 1. The number of benzene rings is 2. The van der Waals surface area contributed by atoms with Crippen LogP contribution in [0.3, 0.4) is 0 Å². The van der Waals surface area contributed by atoms with Gasteiger partial charge in [-0.3, -0.25) is 4.79 Å². The van der Waals surface area contributed by atoms with Crippen molar-refractivity contribution in [3.63, 3.8) is 0 Å². The van der Waals surface area contributed by atoms with Crippen LogP contribution in [-0.2, 0) is 22.5 Å². The highest BCUT2D eigenvalue weighted by molar-refractivity contribution is 6.36. The van der Waals surface area contributed by atoms with Crippen molar-refractivity contribution in [2.45, 2.75) is 25.4 Å². The largest absolute Gasteiger partial charge is 0.463 e. The second-order valence-electron chi connectivity index (χ2n) is 12.5. The number of halogens is 3. The number of anilines is 2. The van der Waals surface area contributed by atoms with E-state index in [1.54, 1.807) is 6.07 Å². The maximum Gasteiger partial charge on any atom is 0.318 e. The van der Waals surface area contributed by atoms with E-state index in [2.05, 4.69) is 22.4 Å². The zero-order valence-electron chi connectivity index (χ0n) is 25.9. The minimum atomic E-state index is -1.05. The summed E-state index contributed by atoms with van der Waals surface area (Å²) in [7, 11) is 4.02. The van der Waals surface area contributed by atoms with Crippen LogP contribution in [0.4, 0.5) is 20.3 Å².